The molecule has 47 heavy (non-hydrogen) atoms. The second-order valence-electron chi connectivity index (χ2n) is 12.2. The van der Waals surface area contributed by atoms with Gasteiger partial charge in [0, 0.05) is 0 Å². The highest BCUT2D eigenvalue weighted by Gasteiger charge is 2.35. The van der Waals surface area contributed by atoms with Crippen LogP contribution in [0.5, 0.6) is 11.5 Å². The van der Waals surface area contributed by atoms with Crippen LogP contribution in [0.3, 0.4) is 0 Å². The number of phenolic OH excluding ortho intramolecular Hbond substituents is 1. The fourth-order valence-electron chi connectivity index (χ4n) is 5.42. The molecule has 2 aromatic carbocycles. The zero-order valence-corrected chi connectivity index (χ0v) is 30.0. The third-order valence-corrected chi connectivity index (χ3v) is 9.89. The van der Waals surface area contributed by atoms with E-state index >= 15 is 0 Å². The lowest BCUT2D eigenvalue weighted by Crippen LogP contribution is -2.45. The van der Waals surface area contributed by atoms with E-state index < -0.39 is 31.5 Å². The number of aromatic hydroxyl groups is 1. The molecule has 0 aliphatic rings. The fourth-order valence-corrected chi connectivity index (χ4v) is 7.45. The van der Waals surface area contributed by atoms with Crippen LogP contribution in [0, 0.1) is 13.8 Å². The number of nitrogens with one attached hydrogen (secondary N) is 2. The van der Waals surface area contributed by atoms with Crippen molar-refractivity contribution in [3.8, 4) is 11.5 Å². The van der Waals surface area contributed by atoms with Gasteiger partial charge in [0.1, 0.15) is 23.6 Å². The number of phenols is 1. The van der Waals surface area contributed by atoms with E-state index in [4.69, 9.17) is 25.7 Å². The van der Waals surface area contributed by atoms with Gasteiger partial charge in [0.15, 0.2) is 6.35 Å². The van der Waals surface area contributed by atoms with Crippen LogP contribution in [0.2, 0.25) is 0 Å². The van der Waals surface area contributed by atoms with E-state index in [1.165, 1.54) is 0 Å². The molecule has 7 N–H and O–H groups in total. The summed E-state index contributed by atoms with van der Waals surface area (Å²) < 4.78 is 31.4. The Morgan fingerprint density at radius 1 is 0.851 bits per heavy atom. The minimum Gasteiger partial charge on any atom is -0.508 e. The first-order valence-electron chi connectivity index (χ1n) is 16.8. The second-order valence-corrected chi connectivity index (χ2v) is 14.5. The molecule has 11 nitrogen and oxygen atoms in total. The molecule has 0 saturated heterocycles. The van der Waals surface area contributed by atoms with Gasteiger partial charge in [0.2, 0.25) is 7.44 Å². The van der Waals surface area contributed by atoms with E-state index in [1.807, 2.05) is 52.0 Å². The SMILES string of the molecule is CCOC(=O)C(CCCCN)NP(=O)(COc1cc(C)c(Cc2ccc(O)c(C(C)C)c2)c(C)c1)NC(CCCCN)C(=O)OCC. The summed E-state index contributed by atoms with van der Waals surface area (Å²) in [7, 11) is -3.78. The van der Waals surface area contributed by atoms with Crippen LogP contribution in [0.25, 0.3) is 0 Å². The summed E-state index contributed by atoms with van der Waals surface area (Å²) in [6.45, 7) is 12.8. The molecule has 0 radical (unpaired) electrons. The Morgan fingerprint density at radius 2 is 1.36 bits per heavy atom. The van der Waals surface area contributed by atoms with Crippen LogP contribution in [0.4, 0.5) is 0 Å². The van der Waals surface area contributed by atoms with E-state index in [-0.39, 0.29) is 25.5 Å². The van der Waals surface area contributed by atoms with Crippen molar-refractivity contribution >= 4 is 19.4 Å². The first kappa shape index (κ1) is 40.2. The molecule has 264 valence electrons. The van der Waals surface area contributed by atoms with Crippen molar-refractivity contribution < 1.29 is 33.5 Å². The Hall–Kier alpha value is -2.95. The summed E-state index contributed by atoms with van der Waals surface area (Å²) in [5.74, 6) is -0.0740. The second kappa shape index (κ2) is 20.4. The predicted molar refractivity (Wildman–Crippen MR) is 187 cm³/mol. The van der Waals surface area contributed by atoms with E-state index in [9.17, 15) is 19.3 Å². The maximum absolute atomic E-state index is 14.6. The third-order valence-electron chi connectivity index (χ3n) is 7.94. The highest BCUT2D eigenvalue weighted by Crippen LogP contribution is 2.40. The number of carbonyl (C=O) groups is 2. The Bertz CT molecular complexity index is 1280. The smallest absolute Gasteiger partial charge is 0.323 e. The molecule has 0 fully saturated rings. The number of nitrogens with two attached hydrogens (primary N) is 2. The average Bonchev–Trinajstić information content (AvgIpc) is 3.02. The number of unbranched alkanes of at least 4 members (excludes halogenated alkanes) is 2. The van der Waals surface area contributed by atoms with E-state index in [1.54, 1.807) is 19.9 Å². The average molecular weight is 677 g/mol. The van der Waals surface area contributed by atoms with Crippen molar-refractivity contribution in [3.05, 3.63) is 58.1 Å². The van der Waals surface area contributed by atoms with Gasteiger partial charge in [0.05, 0.1) is 13.2 Å². The maximum Gasteiger partial charge on any atom is 0.323 e. The summed E-state index contributed by atoms with van der Waals surface area (Å²) in [4.78, 5) is 25.9. The van der Waals surface area contributed by atoms with Crippen LogP contribution in [0.1, 0.15) is 100.0 Å². The van der Waals surface area contributed by atoms with Crippen LogP contribution in [-0.2, 0) is 30.0 Å². The van der Waals surface area contributed by atoms with Crippen LogP contribution in [-0.4, -0.2) is 61.8 Å². The summed E-state index contributed by atoms with van der Waals surface area (Å²) in [6, 6.07) is 7.69. The molecule has 0 bridgehead atoms. The molecule has 2 unspecified atom stereocenters. The molecule has 12 heteroatoms. The number of hydrogen-bond donors (Lipinski definition) is 5. The van der Waals surface area contributed by atoms with Crippen LogP contribution < -0.4 is 26.4 Å². The molecular formula is C35H57N4O7P. The predicted octanol–water partition coefficient (Wildman–Crippen LogP) is 5.55. The van der Waals surface area contributed by atoms with Gasteiger partial charge in [-0.2, -0.15) is 0 Å². The first-order chi connectivity index (χ1) is 22.4. The number of rotatable bonds is 22. The quantitative estimate of drug-likeness (QED) is 0.0600. The van der Waals surface area contributed by atoms with Crippen molar-refractivity contribution in [1.29, 1.82) is 0 Å². The van der Waals surface area contributed by atoms with Gasteiger partial charge in [-0.1, -0.05) is 38.8 Å². The number of benzene rings is 2. The largest absolute Gasteiger partial charge is 0.508 e. The van der Waals surface area contributed by atoms with Gasteiger partial charge in [-0.25, -0.2) is 10.2 Å². The molecule has 0 amide bonds. The molecule has 2 atom stereocenters. The highest BCUT2D eigenvalue weighted by molar-refractivity contribution is 7.59. The monoisotopic (exact) mass is 676 g/mol. The number of ether oxygens (including phenoxy) is 3. The van der Waals surface area contributed by atoms with Crippen molar-refractivity contribution in [2.75, 3.05) is 32.7 Å². The lowest BCUT2D eigenvalue weighted by atomic mass is 9.93. The van der Waals surface area contributed by atoms with Gasteiger partial charge < -0.3 is 30.8 Å². The Kier molecular flexibility index (Phi) is 17.5. The van der Waals surface area contributed by atoms with Gasteiger partial charge in [-0.05, 0) is 125 Å². The van der Waals surface area contributed by atoms with Crippen molar-refractivity contribution in [2.45, 2.75) is 104 Å². The number of carbonyl (C=O) groups excluding carboxylic acids is 2. The summed E-state index contributed by atoms with van der Waals surface area (Å²) in [5.41, 5.74) is 16.5. The molecule has 0 aliphatic carbocycles. The maximum atomic E-state index is 14.6. The van der Waals surface area contributed by atoms with Gasteiger partial charge in [-0.15, -0.1) is 0 Å². The Balaban J connectivity index is 2.39. The number of esters is 2. The summed E-state index contributed by atoms with van der Waals surface area (Å²) in [5, 5.41) is 16.3. The van der Waals surface area contributed by atoms with Crippen molar-refractivity contribution in [2.24, 2.45) is 11.5 Å². The molecule has 2 rings (SSSR count). The van der Waals surface area contributed by atoms with E-state index in [0.29, 0.717) is 69.5 Å². The lowest BCUT2D eigenvalue weighted by Gasteiger charge is -2.29. The van der Waals surface area contributed by atoms with Crippen LogP contribution in [0.15, 0.2) is 30.3 Å². The van der Waals surface area contributed by atoms with Crippen molar-refractivity contribution in [3.63, 3.8) is 0 Å². The Labute approximate surface area is 281 Å². The molecule has 2 aromatic rings. The zero-order chi connectivity index (χ0) is 35.0. The molecule has 0 spiro atoms. The summed E-state index contributed by atoms with van der Waals surface area (Å²) in [6.07, 6.45) is 3.64. The van der Waals surface area contributed by atoms with E-state index in [2.05, 4.69) is 10.2 Å². The summed E-state index contributed by atoms with van der Waals surface area (Å²) >= 11 is 0. The van der Waals surface area contributed by atoms with Gasteiger partial charge in [-0.3, -0.25) is 14.2 Å². The molecular weight excluding hydrogens is 619 g/mol. The standard InChI is InChI=1S/C35H57N4O7P/c1-7-44-34(41)31(13-9-11-17-36)38-47(43,39-32(14-10-12-18-37)35(42)45-8-2)23-46-28-19-25(5)30(26(6)20-28)22-27-15-16-33(40)29(21-27)24(3)4/h15-16,19-21,24,31-32,40H,7-14,17-18,22-23,36-37H2,1-6H3,(H2,38,39,43). The fraction of sp³-hybridized carbons (Fsp3) is 0.600. The highest BCUT2D eigenvalue weighted by atomic mass is 31.2. The minimum absolute atomic E-state index is 0.167. The molecule has 0 aromatic heterocycles. The molecule has 0 saturated carbocycles. The zero-order valence-electron chi connectivity index (χ0n) is 29.1. The minimum atomic E-state index is -3.78. The van der Waals surface area contributed by atoms with E-state index in [0.717, 1.165) is 27.8 Å². The topological polar surface area (TPSA) is 175 Å². The Morgan fingerprint density at radius 3 is 1.81 bits per heavy atom. The van der Waals surface area contributed by atoms with Crippen molar-refractivity contribution in [1.82, 2.24) is 10.2 Å². The lowest BCUT2D eigenvalue weighted by molar-refractivity contribution is -0.145. The van der Waals surface area contributed by atoms with Gasteiger partial charge in [0.25, 0.3) is 0 Å². The molecule has 0 aliphatic heterocycles. The van der Waals surface area contributed by atoms with Gasteiger partial charge >= 0.3 is 11.9 Å². The first-order valence-corrected chi connectivity index (χ1v) is 18.7. The number of hydrogen-bond acceptors (Lipinski definition) is 9. The number of aryl methyl sites for hydroxylation is 2. The normalized spacial score (nSPS) is 14.0. The third kappa shape index (κ3) is 13.2. The van der Waals surface area contributed by atoms with Crippen LogP contribution >= 0.6 is 7.44 Å². The molecule has 0 heterocycles.